The fraction of sp³-hybridized carbons (Fsp3) is 0.0952. The molecular formula is C21H19BrN2O3S. The van der Waals surface area contributed by atoms with Crippen molar-refractivity contribution in [3.05, 3.63) is 88.4 Å². The maximum Gasteiger partial charge on any atom is 0.261 e. The molecule has 0 heterocycles. The van der Waals surface area contributed by atoms with Gasteiger partial charge in [-0.25, -0.2) is 8.42 Å². The molecule has 3 aromatic rings. The third-order valence-corrected chi connectivity index (χ3v) is 5.96. The first-order valence-electron chi connectivity index (χ1n) is 8.56. The first kappa shape index (κ1) is 20.1. The number of nitrogens with one attached hydrogen (secondary N) is 2. The summed E-state index contributed by atoms with van der Waals surface area (Å²) in [5.74, 6) is -0.143. The summed E-state index contributed by atoms with van der Waals surface area (Å²) in [4.78, 5) is 12.4. The number of benzene rings is 3. The lowest BCUT2D eigenvalue weighted by Crippen LogP contribution is -2.15. The lowest BCUT2D eigenvalue weighted by molar-refractivity contribution is -0.115. The van der Waals surface area contributed by atoms with Crippen molar-refractivity contribution in [2.45, 2.75) is 18.2 Å². The number of sulfonamides is 1. The van der Waals surface area contributed by atoms with Gasteiger partial charge in [0.05, 0.1) is 11.3 Å². The van der Waals surface area contributed by atoms with E-state index in [1.807, 2.05) is 31.2 Å². The maximum absolute atomic E-state index is 12.4. The Bertz CT molecular complexity index is 1060. The molecule has 2 N–H and O–H groups in total. The Morgan fingerprint density at radius 1 is 0.857 bits per heavy atom. The first-order chi connectivity index (χ1) is 13.3. The van der Waals surface area contributed by atoms with Crippen LogP contribution < -0.4 is 10.0 Å². The molecule has 28 heavy (non-hydrogen) atoms. The van der Waals surface area contributed by atoms with Crippen LogP contribution in [-0.2, 0) is 21.2 Å². The Kier molecular flexibility index (Phi) is 6.16. The summed E-state index contributed by atoms with van der Waals surface area (Å²) < 4.78 is 28.3. The number of anilines is 2. The van der Waals surface area contributed by atoms with E-state index in [2.05, 4.69) is 26.0 Å². The monoisotopic (exact) mass is 458 g/mol. The zero-order chi connectivity index (χ0) is 20.1. The summed E-state index contributed by atoms with van der Waals surface area (Å²) >= 11 is 3.36. The van der Waals surface area contributed by atoms with Crippen molar-refractivity contribution in [1.29, 1.82) is 0 Å². The van der Waals surface area contributed by atoms with Crippen molar-refractivity contribution >= 4 is 43.2 Å². The van der Waals surface area contributed by atoms with Gasteiger partial charge in [0.1, 0.15) is 0 Å². The number of aryl methyl sites for hydroxylation is 1. The lowest BCUT2D eigenvalue weighted by Gasteiger charge is -2.10. The second-order valence-electron chi connectivity index (χ2n) is 6.35. The van der Waals surface area contributed by atoms with Gasteiger partial charge in [-0.05, 0) is 61.0 Å². The normalized spacial score (nSPS) is 11.1. The average Bonchev–Trinajstić information content (AvgIpc) is 2.65. The Hall–Kier alpha value is -2.64. The zero-order valence-corrected chi connectivity index (χ0v) is 17.5. The van der Waals surface area contributed by atoms with Gasteiger partial charge < -0.3 is 5.32 Å². The van der Waals surface area contributed by atoms with Crippen molar-refractivity contribution in [1.82, 2.24) is 0 Å². The van der Waals surface area contributed by atoms with Gasteiger partial charge in [-0.2, -0.15) is 0 Å². The highest BCUT2D eigenvalue weighted by Gasteiger charge is 2.13. The molecule has 3 rings (SSSR count). The van der Waals surface area contributed by atoms with Gasteiger partial charge in [-0.15, -0.1) is 0 Å². The number of halogens is 1. The van der Waals surface area contributed by atoms with Crippen LogP contribution in [0.3, 0.4) is 0 Å². The minimum atomic E-state index is -3.65. The number of amides is 1. The van der Waals surface area contributed by atoms with Crippen LogP contribution in [0.4, 0.5) is 11.4 Å². The smallest absolute Gasteiger partial charge is 0.261 e. The van der Waals surface area contributed by atoms with Crippen LogP contribution in [0.2, 0.25) is 0 Å². The van der Waals surface area contributed by atoms with E-state index >= 15 is 0 Å². The highest BCUT2D eigenvalue weighted by molar-refractivity contribution is 9.10. The summed E-state index contributed by atoms with van der Waals surface area (Å²) in [5, 5.41) is 2.81. The van der Waals surface area contributed by atoms with Gasteiger partial charge in [0.25, 0.3) is 10.0 Å². The van der Waals surface area contributed by atoms with Crippen LogP contribution in [0, 0.1) is 6.92 Å². The molecule has 3 aromatic carbocycles. The molecule has 0 bridgehead atoms. The van der Waals surface area contributed by atoms with E-state index in [1.165, 1.54) is 0 Å². The van der Waals surface area contributed by atoms with Gasteiger partial charge in [0, 0.05) is 15.8 Å². The largest absolute Gasteiger partial charge is 0.326 e. The van der Waals surface area contributed by atoms with E-state index in [0.717, 1.165) is 15.6 Å². The van der Waals surface area contributed by atoms with E-state index in [0.29, 0.717) is 11.4 Å². The van der Waals surface area contributed by atoms with Gasteiger partial charge in [0.2, 0.25) is 5.91 Å². The fourth-order valence-electron chi connectivity index (χ4n) is 2.55. The van der Waals surface area contributed by atoms with Gasteiger partial charge in [-0.3, -0.25) is 9.52 Å². The minimum Gasteiger partial charge on any atom is -0.326 e. The van der Waals surface area contributed by atoms with Gasteiger partial charge in [0.15, 0.2) is 0 Å². The van der Waals surface area contributed by atoms with E-state index in [1.54, 1.807) is 48.5 Å². The van der Waals surface area contributed by atoms with Gasteiger partial charge >= 0.3 is 0 Å². The van der Waals surface area contributed by atoms with Crippen molar-refractivity contribution < 1.29 is 13.2 Å². The topological polar surface area (TPSA) is 75.3 Å². The third-order valence-electron chi connectivity index (χ3n) is 4.03. The molecule has 0 aliphatic carbocycles. The number of hydrogen-bond donors (Lipinski definition) is 2. The predicted octanol–water partition coefficient (Wildman–Crippen LogP) is 4.74. The highest BCUT2D eigenvalue weighted by atomic mass is 79.9. The third kappa shape index (κ3) is 5.43. The van der Waals surface area contributed by atoms with E-state index < -0.39 is 10.0 Å². The quantitative estimate of drug-likeness (QED) is 0.559. The molecule has 1 amide bonds. The van der Waals surface area contributed by atoms with Gasteiger partial charge in [-0.1, -0.05) is 45.8 Å². The number of carbonyl (C=O) groups excluding carboxylic acids is 1. The molecule has 0 fully saturated rings. The zero-order valence-electron chi connectivity index (χ0n) is 15.1. The molecule has 0 atom stereocenters. The Balaban J connectivity index is 1.62. The first-order valence-corrected chi connectivity index (χ1v) is 10.8. The summed E-state index contributed by atoms with van der Waals surface area (Å²) in [6.45, 7) is 1.90. The highest BCUT2D eigenvalue weighted by Crippen LogP contribution is 2.19. The molecule has 0 saturated carbocycles. The molecule has 0 aromatic heterocycles. The van der Waals surface area contributed by atoms with Crippen LogP contribution in [0.5, 0.6) is 0 Å². The number of hydrogen-bond acceptors (Lipinski definition) is 3. The van der Waals surface area contributed by atoms with Crippen LogP contribution in [0.25, 0.3) is 0 Å². The summed E-state index contributed by atoms with van der Waals surface area (Å²) in [6.07, 6.45) is 0.259. The van der Waals surface area contributed by atoms with E-state index in [-0.39, 0.29) is 17.2 Å². The SMILES string of the molecule is Cc1ccc(S(=O)(=O)Nc2ccc(NC(=O)Cc3ccc(Br)cc3)cc2)cc1. The Labute approximate surface area is 173 Å². The van der Waals surface area contributed by atoms with Crippen LogP contribution >= 0.6 is 15.9 Å². The minimum absolute atomic E-state index is 0.143. The van der Waals surface area contributed by atoms with Crippen LogP contribution in [0.15, 0.2) is 82.2 Å². The van der Waals surface area contributed by atoms with Crippen LogP contribution in [0.1, 0.15) is 11.1 Å². The molecule has 144 valence electrons. The maximum atomic E-state index is 12.4. The predicted molar refractivity (Wildman–Crippen MR) is 115 cm³/mol. The average molecular weight is 459 g/mol. The fourth-order valence-corrected chi connectivity index (χ4v) is 3.87. The molecule has 0 aliphatic rings. The second-order valence-corrected chi connectivity index (χ2v) is 8.95. The molecule has 7 heteroatoms. The Morgan fingerprint density at radius 3 is 2.04 bits per heavy atom. The Morgan fingerprint density at radius 2 is 1.43 bits per heavy atom. The standard InChI is InChI=1S/C21H19BrN2O3S/c1-15-2-12-20(13-3-15)28(26,27)24-19-10-8-18(9-11-19)23-21(25)14-16-4-6-17(22)7-5-16/h2-13,24H,14H2,1H3,(H,23,25). The van der Waals surface area contributed by atoms with Crippen molar-refractivity contribution in [3.8, 4) is 0 Å². The molecule has 0 radical (unpaired) electrons. The van der Waals surface area contributed by atoms with Crippen LogP contribution in [-0.4, -0.2) is 14.3 Å². The molecule has 0 saturated heterocycles. The number of rotatable bonds is 6. The molecule has 5 nitrogen and oxygen atoms in total. The summed E-state index contributed by atoms with van der Waals surface area (Å²) in [5.41, 5.74) is 2.91. The molecular weight excluding hydrogens is 440 g/mol. The second kappa shape index (κ2) is 8.58. The summed E-state index contributed by atoms with van der Waals surface area (Å²) in [6, 6.07) is 20.7. The molecule has 0 spiro atoms. The van der Waals surface area contributed by atoms with E-state index in [4.69, 9.17) is 0 Å². The lowest BCUT2D eigenvalue weighted by atomic mass is 10.1. The van der Waals surface area contributed by atoms with Crippen molar-refractivity contribution in [2.75, 3.05) is 10.0 Å². The van der Waals surface area contributed by atoms with Crippen molar-refractivity contribution in [2.24, 2.45) is 0 Å². The molecule has 0 aliphatic heterocycles. The number of carbonyl (C=O) groups is 1. The molecule has 0 unspecified atom stereocenters. The van der Waals surface area contributed by atoms with E-state index in [9.17, 15) is 13.2 Å². The summed E-state index contributed by atoms with van der Waals surface area (Å²) in [7, 11) is -3.65. The van der Waals surface area contributed by atoms with Crippen molar-refractivity contribution in [3.63, 3.8) is 0 Å².